The summed E-state index contributed by atoms with van der Waals surface area (Å²) in [4.78, 5) is 25.5. The van der Waals surface area contributed by atoms with E-state index in [2.05, 4.69) is 21.2 Å². The van der Waals surface area contributed by atoms with Crippen LogP contribution in [-0.2, 0) is 4.79 Å². The minimum Gasteiger partial charge on any atom is -0.343 e. The Balaban J connectivity index is 1.88. The van der Waals surface area contributed by atoms with Crippen LogP contribution in [0, 0.1) is 5.82 Å². The summed E-state index contributed by atoms with van der Waals surface area (Å²) >= 11 is 3.03. The fraction of sp³-hybridized carbons (Fsp3) is 0.429. The number of halogens is 2. The van der Waals surface area contributed by atoms with E-state index in [0.29, 0.717) is 5.56 Å². The molecule has 0 radical (unpaired) electrons. The predicted octanol–water partition coefficient (Wildman–Crippen LogP) is 2.33. The first-order valence-corrected chi connectivity index (χ1v) is 7.38. The van der Waals surface area contributed by atoms with E-state index in [1.807, 2.05) is 0 Å². The van der Waals surface area contributed by atoms with Gasteiger partial charge in [-0.25, -0.2) is 4.39 Å². The third kappa shape index (κ3) is 3.79. The molecular formula is C14H16BrFN2O2. The summed E-state index contributed by atoms with van der Waals surface area (Å²) < 4.78 is 13.3. The van der Waals surface area contributed by atoms with Crippen molar-refractivity contribution in [3.8, 4) is 0 Å². The van der Waals surface area contributed by atoms with Crippen LogP contribution < -0.4 is 5.32 Å². The van der Waals surface area contributed by atoms with Gasteiger partial charge in [-0.15, -0.1) is 0 Å². The molecule has 1 heterocycles. The number of benzene rings is 1. The van der Waals surface area contributed by atoms with E-state index in [4.69, 9.17) is 0 Å². The van der Waals surface area contributed by atoms with Crippen LogP contribution in [0.4, 0.5) is 4.39 Å². The van der Waals surface area contributed by atoms with Crippen LogP contribution in [-0.4, -0.2) is 36.3 Å². The van der Waals surface area contributed by atoms with Crippen LogP contribution in [0.2, 0.25) is 0 Å². The van der Waals surface area contributed by atoms with Gasteiger partial charge in [-0.1, -0.05) is 0 Å². The van der Waals surface area contributed by atoms with Crippen molar-refractivity contribution in [2.24, 2.45) is 0 Å². The Labute approximate surface area is 125 Å². The van der Waals surface area contributed by atoms with Crippen molar-refractivity contribution in [2.75, 3.05) is 19.6 Å². The highest BCUT2D eigenvalue weighted by molar-refractivity contribution is 9.10. The molecule has 0 bridgehead atoms. The van der Waals surface area contributed by atoms with E-state index in [1.165, 1.54) is 18.2 Å². The second kappa shape index (κ2) is 6.83. The molecule has 1 aliphatic heterocycles. The van der Waals surface area contributed by atoms with E-state index >= 15 is 0 Å². The van der Waals surface area contributed by atoms with E-state index in [-0.39, 0.29) is 22.8 Å². The molecule has 4 nitrogen and oxygen atoms in total. The molecule has 1 saturated heterocycles. The molecule has 1 aliphatic rings. The number of hydrogen-bond donors (Lipinski definition) is 1. The lowest BCUT2D eigenvalue weighted by atomic mass is 10.1. The van der Waals surface area contributed by atoms with Crippen molar-refractivity contribution < 1.29 is 14.0 Å². The average Bonchev–Trinajstić information content (AvgIpc) is 2.48. The minimum atomic E-state index is -0.425. The summed E-state index contributed by atoms with van der Waals surface area (Å²) in [5.41, 5.74) is 0.324. The molecule has 20 heavy (non-hydrogen) atoms. The van der Waals surface area contributed by atoms with Crippen LogP contribution in [0.1, 0.15) is 29.6 Å². The Morgan fingerprint density at radius 3 is 2.60 bits per heavy atom. The van der Waals surface area contributed by atoms with Gasteiger partial charge in [0.05, 0.1) is 11.0 Å². The first kappa shape index (κ1) is 15.0. The van der Waals surface area contributed by atoms with Gasteiger partial charge in [-0.05, 0) is 53.4 Å². The minimum absolute atomic E-state index is 0.0200. The van der Waals surface area contributed by atoms with Gasteiger partial charge in [-0.2, -0.15) is 0 Å². The number of likely N-dealkylation sites (tertiary alicyclic amines) is 1. The van der Waals surface area contributed by atoms with Gasteiger partial charge in [0.1, 0.15) is 5.82 Å². The molecule has 0 atom stereocenters. The van der Waals surface area contributed by atoms with E-state index in [9.17, 15) is 14.0 Å². The zero-order valence-electron chi connectivity index (χ0n) is 11.0. The van der Waals surface area contributed by atoms with Gasteiger partial charge in [0.25, 0.3) is 5.91 Å². The fourth-order valence-corrected chi connectivity index (χ4v) is 2.53. The normalized spacial score (nSPS) is 15.0. The number of rotatable bonds is 3. The number of amides is 2. The Hall–Kier alpha value is -1.43. The summed E-state index contributed by atoms with van der Waals surface area (Å²) in [5.74, 6) is -0.874. The van der Waals surface area contributed by atoms with Crippen LogP contribution >= 0.6 is 15.9 Å². The highest BCUT2D eigenvalue weighted by Gasteiger charge is 2.17. The number of carbonyl (C=O) groups is 2. The largest absolute Gasteiger partial charge is 0.343 e. The molecule has 1 aromatic carbocycles. The maximum absolute atomic E-state index is 13.1. The number of carbonyl (C=O) groups excluding carboxylic acids is 2. The SMILES string of the molecule is O=C(NCC(=O)N1CCCCC1)c1ccc(F)c(Br)c1. The van der Waals surface area contributed by atoms with Crippen LogP contribution in [0.5, 0.6) is 0 Å². The fourth-order valence-electron chi connectivity index (χ4n) is 2.15. The van der Waals surface area contributed by atoms with E-state index < -0.39 is 5.82 Å². The molecule has 0 spiro atoms. The summed E-state index contributed by atoms with van der Waals surface area (Å²) in [6.45, 7) is 1.50. The molecule has 0 aliphatic carbocycles. The smallest absolute Gasteiger partial charge is 0.251 e. The first-order valence-electron chi connectivity index (χ1n) is 6.59. The monoisotopic (exact) mass is 342 g/mol. The van der Waals surface area contributed by atoms with Crippen LogP contribution in [0.3, 0.4) is 0 Å². The quantitative estimate of drug-likeness (QED) is 0.916. The number of hydrogen-bond acceptors (Lipinski definition) is 2. The van der Waals surface area contributed by atoms with Gasteiger partial charge in [-0.3, -0.25) is 9.59 Å². The van der Waals surface area contributed by atoms with Gasteiger partial charge >= 0.3 is 0 Å². The van der Waals surface area contributed by atoms with Crippen molar-refractivity contribution in [3.63, 3.8) is 0 Å². The Morgan fingerprint density at radius 2 is 1.95 bits per heavy atom. The molecule has 0 aromatic heterocycles. The molecule has 0 unspecified atom stereocenters. The lowest BCUT2D eigenvalue weighted by Crippen LogP contribution is -2.42. The average molecular weight is 343 g/mol. The van der Waals surface area contributed by atoms with Crippen molar-refractivity contribution in [2.45, 2.75) is 19.3 Å². The highest BCUT2D eigenvalue weighted by Crippen LogP contribution is 2.16. The molecule has 1 N–H and O–H groups in total. The lowest BCUT2D eigenvalue weighted by molar-refractivity contribution is -0.130. The van der Waals surface area contributed by atoms with Crippen LogP contribution in [0.15, 0.2) is 22.7 Å². The summed E-state index contributed by atoms with van der Waals surface area (Å²) in [7, 11) is 0. The number of piperidine rings is 1. The summed E-state index contributed by atoms with van der Waals surface area (Å²) in [6, 6.07) is 4.00. The molecule has 1 fully saturated rings. The van der Waals surface area contributed by atoms with Crippen molar-refractivity contribution in [1.82, 2.24) is 10.2 Å². The van der Waals surface area contributed by atoms with Crippen molar-refractivity contribution >= 4 is 27.7 Å². The molecule has 1 aromatic rings. The number of nitrogens with zero attached hydrogens (tertiary/aromatic N) is 1. The third-order valence-electron chi connectivity index (χ3n) is 3.29. The maximum atomic E-state index is 13.1. The molecule has 2 amide bonds. The molecular weight excluding hydrogens is 327 g/mol. The summed E-state index contributed by atoms with van der Waals surface area (Å²) in [6.07, 6.45) is 3.19. The maximum Gasteiger partial charge on any atom is 0.251 e. The Kier molecular flexibility index (Phi) is 5.11. The standard InChI is InChI=1S/C14H16BrFN2O2/c15-11-8-10(4-5-12(11)16)14(20)17-9-13(19)18-6-2-1-3-7-18/h4-5,8H,1-3,6-7,9H2,(H,17,20). The predicted molar refractivity (Wildman–Crippen MR) is 76.9 cm³/mol. The van der Waals surface area contributed by atoms with E-state index in [1.54, 1.807) is 4.90 Å². The Morgan fingerprint density at radius 1 is 1.25 bits per heavy atom. The van der Waals surface area contributed by atoms with Crippen molar-refractivity contribution in [3.05, 3.63) is 34.1 Å². The topological polar surface area (TPSA) is 49.4 Å². The zero-order chi connectivity index (χ0) is 14.5. The molecule has 0 saturated carbocycles. The molecule has 2 rings (SSSR count). The number of nitrogens with one attached hydrogen (secondary N) is 1. The van der Waals surface area contributed by atoms with Gasteiger partial charge in [0.15, 0.2) is 0 Å². The second-order valence-electron chi connectivity index (χ2n) is 4.75. The van der Waals surface area contributed by atoms with Crippen LogP contribution in [0.25, 0.3) is 0 Å². The Bertz CT molecular complexity index is 516. The molecule has 108 valence electrons. The zero-order valence-corrected chi connectivity index (χ0v) is 12.6. The highest BCUT2D eigenvalue weighted by atomic mass is 79.9. The van der Waals surface area contributed by atoms with Crippen molar-refractivity contribution in [1.29, 1.82) is 0 Å². The van der Waals surface area contributed by atoms with Gasteiger partial charge in [0, 0.05) is 18.7 Å². The first-order chi connectivity index (χ1) is 9.58. The third-order valence-corrected chi connectivity index (χ3v) is 3.90. The van der Waals surface area contributed by atoms with Gasteiger partial charge in [0.2, 0.25) is 5.91 Å². The van der Waals surface area contributed by atoms with E-state index in [0.717, 1.165) is 32.4 Å². The molecule has 6 heteroatoms. The van der Waals surface area contributed by atoms with Gasteiger partial charge < -0.3 is 10.2 Å². The summed E-state index contributed by atoms with van der Waals surface area (Å²) in [5, 5.41) is 2.57. The lowest BCUT2D eigenvalue weighted by Gasteiger charge is -2.26. The second-order valence-corrected chi connectivity index (χ2v) is 5.61.